The molecule has 0 radical (unpaired) electrons. The quantitative estimate of drug-likeness (QED) is 0.737. The van der Waals surface area contributed by atoms with Gasteiger partial charge in [-0.25, -0.2) is 0 Å². The minimum absolute atomic E-state index is 0.0828. The highest BCUT2D eigenvalue weighted by Gasteiger charge is 2.57. The normalized spacial score (nSPS) is 52.7. The van der Waals surface area contributed by atoms with Gasteiger partial charge in [0.05, 0.1) is 6.10 Å². The van der Waals surface area contributed by atoms with Crippen LogP contribution in [0.4, 0.5) is 0 Å². The van der Waals surface area contributed by atoms with E-state index in [-0.39, 0.29) is 11.5 Å². The standard InChI is InChI=1S/C19H28O2/c1-11-9-12-10-13(20)3-4-14(12)15-7-8-19(2)16(18(11)15)5-6-17(19)21/h10-11,14-18,21H,3-9H2,1-2H3/t11-,14+,15+,16-,17-,18-,19+/m1/s1. The van der Waals surface area contributed by atoms with Gasteiger partial charge >= 0.3 is 0 Å². The topological polar surface area (TPSA) is 37.3 Å². The third-order valence-corrected chi connectivity index (χ3v) is 7.59. The summed E-state index contributed by atoms with van der Waals surface area (Å²) in [5.74, 6) is 3.96. The molecule has 7 atom stereocenters. The first-order valence-electron chi connectivity index (χ1n) is 8.92. The molecular weight excluding hydrogens is 260 g/mol. The van der Waals surface area contributed by atoms with Gasteiger partial charge in [-0.05, 0) is 79.6 Å². The minimum atomic E-state index is -0.0828. The second kappa shape index (κ2) is 4.68. The van der Waals surface area contributed by atoms with Gasteiger partial charge in [-0.15, -0.1) is 0 Å². The Labute approximate surface area is 128 Å². The number of hydrogen-bond donors (Lipinski definition) is 1. The molecule has 0 aromatic rings. The van der Waals surface area contributed by atoms with Crippen LogP contribution < -0.4 is 0 Å². The molecule has 0 spiro atoms. The number of aliphatic hydroxyl groups is 1. The van der Waals surface area contributed by atoms with Gasteiger partial charge in [-0.1, -0.05) is 19.4 Å². The second-order valence-corrected chi connectivity index (χ2v) is 8.50. The maximum Gasteiger partial charge on any atom is 0.155 e. The number of ketones is 1. The van der Waals surface area contributed by atoms with Crippen molar-refractivity contribution in [3.8, 4) is 0 Å². The molecule has 0 aliphatic heterocycles. The van der Waals surface area contributed by atoms with E-state index >= 15 is 0 Å². The lowest BCUT2D eigenvalue weighted by Gasteiger charge is -2.55. The minimum Gasteiger partial charge on any atom is -0.393 e. The molecule has 0 aromatic carbocycles. The van der Waals surface area contributed by atoms with Crippen LogP contribution in [0.3, 0.4) is 0 Å². The van der Waals surface area contributed by atoms with E-state index in [1.165, 1.54) is 24.8 Å². The number of aliphatic hydroxyl groups excluding tert-OH is 1. The van der Waals surface area contributed by atoms with Crippen LogP contribution in [-0.2, 0) is 4.79 Å². The molecule has 1 N–H and O–H groups in total. The van der Waals surface area contributed by atoms with Crippen molar-refractivity contribution in [1.82, 2.24) is 0 Å². The molecule has 2 nitrogen and oxygen atoms in total. The smallest absolute Gasteiger partial charge is 0.155 e. The largest absolute Gasteiger partial charge is 0.393 e. The SMILES string of the molecule is C[C@@H]1CC2=CC(=O)CC[C@@H]2[C@@H]2CC[C@]3(C)[C@H](O)CC[C@@H]3[C@@H]21. The van der Waals surface area contributed by atoms with E-state index in [1.807, 2.05) is 6.08 Å². The van der Waals surface area contributed by atoms with Crippen LogP contribution in [0.1, 0.15) is 58.8 Å². The van der Waals surface area contributed by atoms with Crippen molar-refractivity contribution in [3.05, 3.63) is 11.6 Å². The fraction of sp³-hybridized carbons (Fsp3) is 0.842. The van der Waals surface area contributed by atoms with Crippen LogP contribution in [0.15, 0.2) is 11.6 Å². The molecule has 2 heteroatoms. The van der Waals surface area contributed by atoms with Crippen LogP contribution in [0.5, 0.6) is 0 Å². The molecule has 0 aromatic heterocycles. The Hall–Kier alpha value is -0.630. The fourth-order valence-corrected chi connectivity index (χ4v) is 6.56. The average Bonchev–Trinajstić information content (AvgIpc) is 2.74. The Bertz CT molecular complexity index is 494. The zero-order valence-electron chi connectivity index (χ0n) is 13.3. The maximum absolute atomic E-state index is 11.8. The van der Waals surface area contributed by atoms with Crippen molar-refractivity contribution in [2.75, 3.05) is 0 Å². The Balaban J connectivity index is 1.68. The Morgan fingerprint density at radius 1 is 1.24 bits per heavy atom. The number of carbonyl (C=O) groups excluding carboxylic acids is 1. The molecule has 0 unspecified atom stereocenters. The number of rotatable bonds is 0. The van der Waals surface area contributed by atoms with Gasteiger partial charge in [0.1, 0.15) is 0 Å². The highest BCUT2D eigenvalue weighted by Crippen LogP contribution is 2.62. The van der Waals surface area contributed by atoms with E-state index in [0.29, 0.717) is 23.5 Å². The number of allylic oxidation sites excluding steroid dienone is 1. The summed E-state index contributed by atoms with van der Waals surface area (Å²) in [4.78, 5) is 11.8. The van der Waals surface area contributed by atoms with Gasteiger partial charge in [-0.3, -0.25) is 4.79 Å². The molecular formula is C19H28O2. The molecule has 21 heavy (non-hydrogen) atoms. The summed E-state index contributed by atoms with van der Waals surface area (Å²) in [7, 11) is 0. The molecule has 0 saturated heterocycles. The first-order valence-corrected chi connectivity index (χ1v) is 8.92. The van der Waals surface area contributed by atoms with Gasteiger partial charge in [0.2, 0.25) is 0 Å². The van der Waals surface area contributed by atoms with Crippen molar-refractivity contribution in [3.63, 3.8) is 0 Å². The van der Waals surface area contributed by atoms with Crippen molar-refractivity contribution in [1.29, 1.82) is 0 Å². The summed E-state index contributed by atoms with van der Waals surface area (Å²) < 4.78 is 0. The van der Waals surface area contributed by atoms with Gasteiger partial charge < -0.3 is 5.11 Å². The molecule has 4 rings (SSSR count). The van der Waals surface area contributed by atoms with Crippen LogP contribution in [0, 0.1) is 35.0 Å². The van der Waals surface area contributed by atoms with E-state index in [2.05, 4.69) is 13.8 Å². The van der Waals surface area contributed by atoms with Crippen molar-refractivity contribution < 1.29 is 9.90 Å². The van der Waals surface area contributed by atoms with E-state index in [1.54, 1.807) is 0 Å². The van der Waals surface area contributed by atoms with Crippen LogP contribution >= 0.6 is 0 Å². The summed E-state index contributed by atoms with van der Waals surface area (Å²) in [5.41, 5.74) is 1.63. The average molecular weight is 288 g/mol. The van der Waals surface area contributed by atoms with E-state index < -0.39 is 0 Å². The third kappa shape index (κ3) is 1.91. The van der Waals surface area contributed by atoms with Crippen LogP contribution in [0.2, 0.25) is 0 Å². The Morgan fingerprint density at radius 2 is 2.05 bits per heavy atom. The van der Waals surface area contributed by atoms with E-state index in [4.69, 9.17) is 0 Å². The molecule has 4 aliphatic carbocycles. The molecule has 0 amide bonds. The maximum atomic E-state index is 11.8. The summed E-state index contributed by atoms with van der Waals surface area (Å²) in [6, 6.07) is 0. The van der Waals surface area contributed by atoms with Crippen molar-refractivity contribution in [2.24, 2.45) is 35.0 Å². The molecule has 116 valence electrons. The highest BCUT2D eigenvalue weighted by molar-refractivity contribution is 5.91. The van der Waals surface area contributed by atoms with E-state index in [0.717, 1.165) is 37.5 Å². The molecule has 3 saturated carbocycles. The first kappa shape index (κ1) is 14.0. The zero-order valence-corrected chi connectivity index (χ0v) is 13.3. The predicted octanol–water partition coefficient (Wildman–Crippen LogP) is 3.74. The molecule has 0 bridgehead atoms. The van der Waals surface area contributed by atoms with E-state index in [9.17, 15) is 9.90 Å². The summed E-state index contributed by atoms with van der Waals surface area (Å²) >= 11 is 0. The summed E-state index contributed by atoms with van der Waals surface area (Å²) in [5, 5.41) is 10.5. The lowest BCUT2D eigenvalue weighted by Crippen LogP contribution is -2.50. The van der Waals surface area contributed by atoms with Crippen molar-refractivity contribution >= 4 is 5.78 Å². The lowest BCUT2D eigenvalue weighted by atomic mass is 9.49. The van der Waals surface area contributed by atoms with Gasteiger partial charge in [0.25, 0.3) is 0 Å². The highest BCUT2D eigenvalue weighted by atomic mass is 16.3. The third-order valence-electron chi connectivity index (χ3n) is 7.59. The van der Waals surface area contributed by atoms with Crippen LogP contribution in [-0.4, -0.2) is 17.0 Å². The number of fused-ring (bicyclic) bond motifs is 5. The molecule has 3 fully saturated rings. The molecule has 4 aliphatic rings. The zero-order chi connectivity index (χ0) is 14.8. The monoisotopic (exact) mass is 288 g/mol. The number of carbonyl (C=O) groups is 1. The summed E-state index contributed by atoms with van der Waals surface area (Å²) in [6.45, 7) is 4.73. The van der Waals surface area contributed by atoms with Gasteiger partial charge in [0, 0.05) is 6.42 Å². The Kier molecular flexibility index (Phi) is 3.12. The second-order valence-electron chi connectivity index (χ2n) is 8.50. The number of hydrogen-bond acceptors (Lipinski definition) is 2. The Morgan fingerprint density at radius 3 is 2.86 bits per heavy atom. The molecule has 0 heterocycles. The predicted molar refractivity (Wildman–Crippen MR) is 82.6 cm³/mol. The van der Waals surface area contributed by atoms with Crippen molar-refractivity contribution in [2.45, 2.75) is 64.9 Å². The van der Waals surface area contributed by atoms with Gasteiger partial charge in [-0.2, -0.15) is 0 Å². The summed E-state index contributed by atoms with van der Waals surface area (Å²) in [6.07, 6.45) is 9.54. The van der Waals surface area contributed by atoms with Gasteiger partial charge in [0.15, 0.2) is 5.78 Å². The first-order chi connectivity index (χ1) is 10.0. The fourth-order valence-electron chi connectivity index (χ4n) is 6.56. The van der Waals surface area contributed by atoms with Crippen LogP contribution in [0.25, 0.3) is 0 Å². The lowest BCUT2D eigenvalue weighted by molar-refractivity contribution is -0.116.